The Morgan fingerprint density at radius 1 is 1.29 bits per heavy atom. The van der Waals surface area contributed by atoms with E-state index in [2.05, 4.69) is 15.3 Å². The summed E-state index contributed by atoms with van der Waals surface area (Å²) in [5, 5.41) is 2.68. The minimum Gasteiger partial charge on any atom is -0.472 e. The van der Waals surface area contributed by atoms with E-state index in [0.29, 0.717) is 6.54 Å². The predicted octanol–water partition coefficient (Wildman–Crippen LogP) is 2.70. The van der Waals surface area contributed by atoms with Gasteiger partial charge in [-0.15, -0.1) is 0 Å². The van der Waals surface area contributed by atoms with E-state index in [1.54, 1.807) is 6.07 Å². The van der Waals surface area contributed by atoms with Gasteiger partial charge in [-0.3, -0.25) is 0 Å². The number of anilines is 1. The van der Waals surface area contributed by atoms with Crippen LogP contribution < -0.4 is 5.32 Å². The van der Waals surface area contributed by atoms with Gasteiger partial charge in [-0.05, 0) is 12.1 Å². The summed E-state index contributed by atoms with van der Waals surface area (Å²) < 4.78 is 41.9. The third-order valence-corrected chi connectivity index (χ3v) is 1.98. The molecule has 2 rings (SSSR count). The lowest BCUT2D eigenvalue weighted by Gasteiger charge is -2.07. The van der Waals surface area contributed by atoms with Crippen LogP contribution in [0.15, 0.2) is 35.3 Å². The Morgan fingerprint density at radius 2 is 2.12 bits per heavy atom. The molecule has 17 heavy (non-hydrogen) atoms. The molecule has 0 bridgehead atoms. The second-order valence-corrected chi connectivity index (χ2v) is 3.25. The second kappa shape index (κ2) is 4.44. The van der Waals surface area contributed by atoms with Crippen LogP contribution in [0.2, 0.25) is 0 Å². The molecule has 0 saturated carbocycles. The fourth-order valence-corrected chi connectivity index (χ4v) is 1.18. The minimum absolute atomic E-state index is 0.0685. The first-order chi connectivity index (χ1) is 8.05. The van der Waals surface area contributed by atoms with Gasteiger partial charge < -0.3 is 9.73 Å². The average molecular weight is 243 g/mol. The largest absolute Gasteiger partial charge is 0.472 e. The van der Waals surface area contributed by atoms with Gasteiger partial charge >= 0.3 is 6.18 Å². The standard InChI is InChI=1S/C10H8F3N3O/c11-10(12,13)8-1-3-14-9(16-8)15-5-7-2-4-17-6-7/h1-4,6H,5H2,(H,14,15,16). The monoisotopic (exact) mass is 243 g/mol. The van der Waals surface area contributed by atoms with Crippen LogP contribution in [0.3, 0.4) is 0 Å². The molecule has 0 spiro atoms. The number of halogens is 3. The summed E-state index contributed by atoms with van der Waals surface area (Å²) in [5.41, 5.74) is -0.173. The maximum atomic E-state index is 12.3. The molecule has 2 heterocycles. The quantitative estimate of drug-likeness (QED) is 0.900. The zero-order valence-corrected chi connectivity index (χ0v) is 8.53. The number of nitrogens with one attached hydrogen (secondary N) is 1. The third kappa shape index (κ3) is 2.96. The zero-order chi connectivity index (χ0) is 12.3. The van der Waals surface area contributed by atoms with Crippen molar-refractivity contribution in [3.8, 4) is 0 Å². The van der Waals surface area contributed by atoms with Gasteiger partial charge in [-0.1, -0.05) is 0 Å². The summed E-state index contributed by atoms with van der Waals surface area (Å²) in [6.07, 6.45) is -0.437. The molecule has 0 radical (unpaired) electrons. The van der Waals surface area contributed by atoms with Crippen molar-refractivity contribution in [3.05, 3.63) is 42.1 Å². The van der Waals surface area contributed by atoms with Gasteiger partial charge in [0.05, 0.1) is 12.5 Å². The molecule has 0 fully saturated rings. The van der Waals surface area contributed by atoms with Crippen LogP contribution in [0, 0.1) is 0 Å². The SMILES string of the molecule is FC(F)(F)c1ccnc(NCc2ccoc2)n1. The molecule has 0 saturated heterocycles. The number of rotatable bonds is 3. The van der Waals surface area contributed by atoms with Crippen molar-refractivity contribution in [3.63, 3.8) is 0 Å². The van der Waals surface area contributed by atoms with Crippen molar-refractivity contribution < 1.29 is 17.6 Å². The minimum atomic E-state index is -4.46. The lowest BCUT2D eigenvalue weighted by molar-refractivity contribution is -0.141. The normalized spacial score (nSPS) is 11.5. The fourth-order valence-electron chi connectivity index (χ4n) is 1.18. The van der Waals surface area contributed by atoms with Crippen molar-refractivity contribution in [1.29, 1.82) is 0 Å². The lowest BCUT2D eigenvalue weighted by Crippen LogP contribution is -2.11. The van der Waals surface area contributed by atoms with Crippen LogP contribution >= 0.6 is 0 Å². The highest BCUT2D eigenvalue weighted by atomic mass is 19.4. The Morgan fingerprint density at radius 3 is 2.76 bits per heavy atom. The molecule has 0 aliphatic heterocycles. The summed E-state index contributed by atoms with van der Waals surface area (Å²) in [5.74, 6) is -0.0685. The van der Waals surface area contributed by atoms with E-state index in [1.165, 1.54) is 12.5 Å². The predicted molar refractivity (Wildman–Crippen MR) is 53.1 cm³/mol. The smallest absolute Gasteiger partial charge is 0.433 e. The van der Waals surface area contributed by atoms with Gasteiger partial charge in [0, 0.05) is 18.3 Å². The van der Waals surface area contributed by atoms with Crippen LogP contribution in [0.1, 0.15) is 11.3 Å². The number of nitrogens with zero attached hydrogens (tertiary/aromatic N) is 2. The van der Waals surface area contributed by atoms with Crippen LogP contribution in [-0.2, 0) is 12.7 Å². The molecular formula is C10H8F3N3O. The lowest BCUT2D eigenvalue weighted by atomic mass is 10.3. The maximum absolute atomic E-state index is 12.3. The van der Waals surface area contributed by atoms with Crippen molar-refractivity contribution >= 4 is 5.95 Å². The zero-order valence-electron chi connectivity index (χ0n) is 8.53. The van der Waals surface area contributed by atoms with Gasteiger partial charge in [0.2, 0.25) is 5.95 Å². The first kappa shape index (κ1) is 11.4. The third-order valence-electron chi connectivity index (χ3n) is 1.98. The van der Waals surface area contributed by atoms with E-state index < -0.39 is 11.9 Å². The summed E-state index contributed by atoms with van der Waals surface area (Å²) in [7, 11) is 0. The van der Waals surface area contributed by atoms with Crippen LogP contribution in [0.4, 0.5) is 19.1 Å². The molecule has 1 N–H and O–H groups in total. The average Bonchev–Trinajstić information content (AvgIpc) is 2.78. The Kier molecular flexibility index (Phi) is 2.99. The first-order valence-corrected chi connectivity index (χ1v) is 4.71. The van der Waals surface area contributed by atoms with E-state index in [0.717, 1.165) is 17.8 Å². The topological polar surface area (TPSA) is 51.0 Å². The summed E-state index contributed by atoms with van der Waals surface area (Å²) in [6.45, 7) is 0.303. The van der Waals surface area contributed by atoms with E-state index in [-0.39, 0.29) is 5.95 Å². The number of alkyl halides is 3. The number of aromatic nitrogens is 2. The summed E-state index contributed by atoms with van der Waals surface area (Å²) >= 11 is 0. The van der Waals surface area contributed by atoms with Crippen LogP contribution in [-0.4, -0.2) is 9.97 Å². The highest BCUT2D eigenvalue weighted by Crippen LogP contribution is 2.27. The van der Waals surface area contributed by atoms with Gasteiger partial charge in [0.15, 0.2) is 0 Å². The van der Waals surface area contributed by atoms with E-state index in [9.17, 15) is 13.2 Å². The van der Waals surface area contributed by atoms with Crippen molar-refractivity contribution in [1.82, 2.24) is 9.97 Å². The molecule has 2 aromatic rings. The number of hydrogen-bond acceptors (Lipinski definition) is 4. The van der Waals surface area contributed by atoms with Gasteiger partial charge in [-0.2, -0.15) is 13.2 Å². The van der Waals surface area contributed by atoms with Crippen molar-refractivity contribution in [2.75, 3.05) is 5.32 Å². The molecule has 7 heteroatoms. The maximum Gasteiger partial charge on any atom is 0.433 e. The van der Waals surface area contributed by atoms with Gasteiger partial charge in [0.25, 0.3) is 0 Å². The van der Waals surface area contributed by atoms with Crippen molar-refractivity contribution in [2.24, 2.45) is 0 Å². The fraction of sp³-hybridized carbons (Fsp3) is 0.200. The molecule has 0 unspecified atom stereocenters. The van der Waals surface area contributed by atoms with E-state index in [1.807, 2.05) is 0 Å². The molecule has 0 amide bonds. The van der Waals surface area contributed by atoms with Gasteiger partial charge in [0.1, 0.15) is 5.69 Å². The van der Waals surface area contributed by atoms with Gasteiger partial charge in [-0.25, -0.2) is 9.97 Å². The molecule has 0 aliphatic rings. The Bertz CT molecular complexity index is 482. The highest BCUT2D eigenvalue weighted by molar-refractivity contribution is 5.27. The van der Waals surface area contributed by atoms with E-state index in [4.69, 9.17) is 4.42 Å². The highest BCUT2D eigenvalue weighted by Gasteiger charge is 2.32. The number of hydrogen-bond donors (Lipinski definition) is 1. The first-order valence-electron chi connectivity index (χ1n) is 4.71. The van der Waals surface area contributed by atoms with E-state index >= 15 is 0 Å². The Hall–Kier alpha value is -2.05. The molecule has 0 atom stereocenters. The molecule has 2 aromatic heterocycles. The summed E-state index contributed by atoms with van der Waals surface area (Å²) in [4.78, 5) is 7.07. The molecule has 90 valence electrons. The molecular weight excluding hydrogens is 235 g/mol. The van der Waals surface area contributed by atoms with Crippen LogP contribution in [0.25, 0.3) is 0 Å². The molecule has 0 aliphatic carbocycles. The Labute approximate surface area is 94.5 Å². The van der Waals surface area contributed by atoms with Crippen molar-refractivity contribution in [2.45, 2.75) is 12.7 Å². The Balaban J connectivity index is 2.07. The molecule has 4 nitrogen and oxygen atoms in total. The van der Waals surface area contributed by atoms with Crippen LogP contribution in [0.5, 0.6) is 0 Å². The summed E-state index contributed by atoms with van der Waals surface area (Å²) in [6, 6.07) is 2.52. The molecule has 0 aromatic carbocycles. The second-order valence-electron chi connectivity index (χ2n) is 3.25. The number of furan rings is 1.